The molecule has 2 N–H and O–H groups in total. The van der Waals surface area contributed by atoms with E-state index in [0.717, 1.165) is 23.8 Å². The van der Waals surface area contributed by atoms with Gasteiger partial charge in [0, 0.05) is 12.1 Å². The SMILES string of the molecule is CC1=CCC(Oc2ccc(NC(=O)c3cccc(F)c3O)cc2C)C=C1. The summed E-state index contributed by atoms with van der Waals surface area (Å²) in [5.41, 5.74) is 2.52. The van der Waals surface area contributed by atoms with E-state index in [9.17, 15) is 14.3 Å². The molecule has 1 amide bonds. The van der Waals surface area contributed by atoms with Crippen molar-refractivity contribution in [2.45, 2.75) is 26.4 Å². The molecule has 0 aliphatic heterocycles. The lowest BCUT2D eigenvalue weighted by Crippen LogP contribution is -2.16. The quantitative estimate of drug-likeness (QED) is 0.834. The lowest BCUT2D eigenvalue weighted by atomic mass is 10.1. The number of anilines is 1. The topological polar surface area (TPSA) is 58.6 Å². The number of nitrogens with one attached hydrogen (secondary N) is 1. The molecule has 1 aliphatic rings. The summed E-state index contributed by atoms with van der Waals surface area (Å²) in [5, 5.41) is 12.3. The van der Waals surface area contributed by atoms with Crippen LogP contribution < -0.4 is 10.1 Å². The van der Waals surface area contributed by atoms with Gasteiger partial charge in [0.05, 0.1) is 5.56 Å². The van der Waals surface area contributed by atoms with Crippen LogP contribution in [-0.4, -0.2) is 17.1 Å². The molecule has 26 heavy (non-hydrogen) atoms. The Labute approximate surface area is 151 Å². The van der Waals surface area contributed by atoms with Gasteiger partial charge in [-0.2, -0.15) is 0 Å². The summed E-state index contributed by atoms with van der Waals surface area (Å²) in [5.74, 6) is -1.33. The molecule has 0 spiro atoms. The van der Waals surface area contributed by atoms with E-state index in [1.54, 1.807) is 18.2 Å². The zero-order valence-electron chi connectivity index (χ0n) is 14.6. The van der Waals surface area contributed by atoms with Crippen molar-refractivity contribution in [2.24, 2.45) is 0 Å². The molecule has 0 radical (unpaired) electrons. The summed E-state index contributed by atoms with van der Waals surface area (Å²) >= 11 is 0. The van der Waals surface area contributed by atoms with Crippen LogP contribution in [0.25, 0.3) is 0 Å². The van der Waals surface area contributed by atoms with E-state index in [1.807, 2.05) is 26.0 Å². The average Bonchev–Trinajstić information content (AvgIpc) is 2.61. The van der Waals surface area contributed by atoms with Crippen molar-refractivity contribution in [1.82, 2.24) is 0 Å². The van der Waals surface area contributed by atoms with Crippen LogP contribution in [-0.2, 0) is 0 Å². The number of ether oxygens (including phenoxy) is 1. The summed E-state index contributed by atoms with van der Waals surface area (Å²) in [6.07, 6.45) is 6.99. The number of benzene rings is 2. The number of para-hydroxylation sites is 1. The first-order valence-corrected chi connectivity index (χ1v) is 8.35. The maximum Gasteiger partial charge on any atom is 0.259 e. The van der Waals surface area contributed by atoms with Gasteiger partial charge in [-0.15, -0.1) is 0 Å². The maximum atomic E-state index is 13.4. The molecule has 4 nitrogen and oxygen atoms in total. The normalized spacial score (nSPS) is 16.1. The fourth-order valence-electron chi connectivity index (χ4n) is 2.71. The first-order valence-electron chi connectivity index (χ1n) is 8.35. The molecular weight excluding hydrogens is 333 g/mol. The van der Waals surface area contributed by atoms with Crippen LogP contribution in [0.3, 0.4) is 0 Å². The second-order valence-corrected chi connectivity index (χ2v) is 6.27. The van der Waals surface area contributed by atoms with Crippen molar-refractivity contribution in [3.63, 3.8) is 0 Å². The van der Waals surface area contributed by atoms with E-state index in [1.165, 1.54) is 17.7 Å². The lowest BCUT2D eigenvalue weighted by Gasteiger charge is -2.19. The predicted molar refractivity (Wildman–Crippen MR) is 99.1 cm³/mol. The Hall–Kier alpha value is -3.08. The highest BCUT2D eigenvalue weighted by Crippen LogP contribution is 2.27. The maximum absolute atomic E-state index is 13.4. The van der Waals surface area contributed by atoms with E-state index in [4.69, 9.17) is 4.74 Å². The molecule has 0 saturated carbocycles. The number of carbonyl (C=O) groups is 1. The highest BCUT2D eigenvalue weighted by Gasteiger charge is 2.15. The molecule has 0 bridgehead atoms. The molecular formula is C21H20FNO3. The smallest absolute Gasteiger partial charge is 0.259 e. The van der Waals surface area contributed by atoms with Gasteiger partial charge in [-0.05, 0) is 55.8 Å². The van der Waals surface area contributed by atoms with Gasteiger partial charge >= 0.3 is 0 Å². The standard InChI is InChI=1S/C21H20FNO3/c1-13-6-9-16(10-7-13)26-19-11-8-15(12-14(19)2)23-21(25)17-4-3-5-18(22)20(17)24/h3-9,11-12,16,24H,10H2,1-2H3,(H,23,25). The number of amides is 1. The van der Waals surface area contributed by atoms with E-state index in [2.05, 4.69) is 11.4 Å². The van der Waals surface area contributed by atoms with Crippen LogP contribution in [0.5, 0.6) is 11.5 Å². The summed E-state index contributed by atoms with van der Waals surface area (Å²) < 4.78 is 19.4. The highest BCUT2D eigenvalue weighted by atomic mass is 19.1. The van der Waals surface area contributed by atoms with Gasteiger partial charge in [0.15, 0.2) is 11.6 Å². The number of halogens is 1. The third kappa shape index (κ3) is 3.94. The summed E-state index contributed by atoms with van der Waals surface area (Å²) in [6, 6.07) is 9.11. The minimum Gasteiger partial charge on any atom is -0.504 e. The number of hydrogen-bond donors (Lipinski definition) is 2. The zero-order chi connectivity index (χ0) is 18.7. The number of allylic oxidation sites excluding steroid dienone is 2. The molecule has 3 rings (SSSR count). The van der Waals surface area contributed by atoms with Gasteiger partial charge in [-0.1, -0.05) is 23.8 Å². The molecule has 0 aromatic heterocycles. The van der Waals surface area contributed by atoms with Crippen LogP contribution in [0.4, 0.5) is 10.1 Å². The third-order valence-electron chi connectivity index (χ3n) is 4.19. The van der Waals surface area contributed by atoms with Crippen molar-refractivity contribution in [1.29, 1.82) is 0 Å². The average molecular weight is 353 g/mol. The minimum atomic E-state index is -0.831. The second-order valence-electron chi connectivity index (χ2n) is 6.27. The summed E-state index contributed by atoms with van der Waals surface area (Å²) in [4.78, 5) is 12.2. The molecule has 1 atom stereocenters. The number of phenolic OH excluding ortho intramolecular Hbond substituents is 1. The first kappa shape index (κ1) is 17.7. The Balaban J connectivity index is 1.70. The van der Waals surface area contributed by atoms with Crippen molar-refractivity contribution in [3.05, 3.63) is 77.1 Å². The fraction of sp³-hybridized carbons (Fsp3) is 0.190. The number of rotatable bonds is 4. The first-order chi connectivity index (χ1) is 12.4. The molecule has 0 fully saturated rings. The molecule has 0 saturated heterocycles. The minimum absolute atomic E-state index is 0.0120. The zero-order valence-corrected chi connectivity index (χ0v) is 14.6. The molecule has 134 valence electrons. The Bertz CT molecular complexity index is 902. The predicted octanol–water partition coefficient (Wildman–Crippen LogP) is 4.75. The Kier molecular flexibility index (Phi) is 5.07. The van der Waals surface area contributed by atoms with Gasteiger partial charge in [0.1, 0.15) is 11.9 Å². The molecule has 2 aromatic carbocycles. The van der Waals surface area contributed by atoms with Gasteiger partial charge < -0.3 is 15.2 Å². The fourth-order valence-corrected chi connectivity index (χ4v) is 2.71. The van der Waals surface area contributed by atoms with E-state index >= 15 is 0 Å². The Morgan fingerprint density at radius 3 is 2.77 bits per heavy atom. The van der Waals surface area contributed by atoms with E-state index in [-0.39, 0.29) is 11.7 Å². The van der Waals surface area contributed by atoms with Gasteiger partial charge in [-0.3, -0.25) is 4.79 Å². The van der Waals surface area contributed by atoms with Gasteiger partial charge in [0.25, 0.3) is 5.91 Å². The lowest BCUT2D eigenvalue weighted by molar-refractivity contribution is 0.102. The van der Waals surface area contributed by atoms with Crippen LogP contribution in [0.1, 0.15) is 29.3 Å². The summed E-state index contributed by atoms with van der Waals surface area (Å²) in [6.45, 7) is 3.93. The monoisotopic (exact) mass is 353 g/mol. The van der Waals surface area contributed by atoms with E-state index in [0.29, 0.717) is 5.69 Å². The van der Waals surface area contributed by atoms with Gasteiger partial charge in [-0.25, -0.2) is 4.39 Å². The molecule has 2 aromatic rings. The largest absolute Gasteiger partial charge is 0.504 e. The Morgan fingerprint density at radius 1 is 1.27 bits per heavy atom. The highest BCUT2D eigenvalue weighted by molar-refractivity contribution is 6.06. The molecule has 5 heteroatoms. The Morgan fingerprint density at radius 2 is 2.08 bits per heavy atom. The van der Waals surface area contributed by atoms with Crippen LogP contribution >= 0.6 is 0 Å². The number of phenols is 1. The van der Waals surface area contributed by atoms with Crippen molar-refractivity contribution >= 4 is 11.6 Å². The number of aryl methyl sites for hydroxylation is 1. The van der Waals surface area contributed by atoms with Crippen LogP contribution in [0.2, 0.25) is 0 Å². The molecule has 0 heterocycles. The van der Waals surface area contributed by atoms with Crippen molar-refractivity contribution in [3.8, 4) is 11.5 Å². The summed E-state index contributed by atoms with van der Waals surface area (Å²) in [7, 11) is 0. The van der Waals surface area contributed by atoms with Crippen LogP contribution in [0, 0.1) is 12.7 Å². The van der Waals surface area contributed by atoms with Crippen molar-refractivity contribution in [2.75, 3.05) is 5.32 Å². The van der Waals surface area contributed by atoms with E-state index < -0.39 is 17.5 Å². The van der Waals surface area contributed by atoms with Crippen LogP contribution in [0.15, 0.2) is 60.2 Å². The number of carbonyl (C=O) groups excluding carboxylic acids is 1. The molecule has 1 unspecified atom stereocenters. The van der Waals surface area contributed by atoms with Gasteiger partial charge in [0.2, 0.25) is 0 Å². The van der Waals surface area contributed by atoms with Crippen molar-refractivity contribution < 1.29 is 19.0 Å². The molecule has 1 aliphatic carbocycles. The number of aromatic hydroxyl groups is 1. The number of hydrogen-bond acceptors (Lipinski definition) is 3. The second kappa shape index (κ2) is 7.44. The third-order valence-corrected chi connectivity index (χ3v) is 4.19.